The van der Waals surface area contributed by atoms with Crippen molar-refractivity contribution < 1.29 is 19.1 Å². The van der Waals surface area contributed by atoms with Gasteiger partial charge in [-0.25, -0.2) is 4.79 Å². The molecule has 1 heterocycles. The smallest absolute Gasteiger partial charge is 0.408 e. The molecule has 1 aromatic heterocycles. The van der Waals surface area contributed by atoms with Gasteiger partial charge in [0.25, 0.3) is 5.91 Å². The summed E-state index contributed by atoms with van der Waals surface area (Å²) in [5.41, 5.74) is 0.642. The van der Waals surface area contributed by atoms with E-state index in [0.29, 0.717) is 16.9 Å². The number of ether oxygens (including phenoxy) is 1. The fourth-order valence-electron chi connectivity index (χ4n) is 2.06. The molecule has 3 amide bonds. The fraction of sp³-hybridized carbons (Fsp3) is 0.263. The largest absolute Gasteiger partial charge is 0.444 e. The minimum absolute atomic E-state index is 0.262. The van der Waals surface area contributed by atoms with E-state index in [4.69, 9.17) is 4.74 Å². The second-order valence-electron chi connectivity index (χ2n) is 6.64. The van der Waals surface area contributed by atoms with Crippen molar-refractivity contribution in [2.24, 2.45) is 0 Å². The van der Waals surface area contributed by atoms with E-state index in [9.17, 15) is 14.4 Å². The number of rotatable bonds is 5. The number of para-hydroxylation sites is 2. The third-order valence-corrected chi connectivity index (χ3v) is 3.18. The number of carbonyl (C=O) groups excluding carboxylic acids is 3. The first-order chi connectivity index (χ1) is 12.7. The van der Waals surface area contributed by atoms with Crippen LogP contribution in [0.5, 0.6) is 0 Å². The van der Waals surface area contributed by atoms with Crippen molar-refractivity contribution in [3.8, 4) is 0 Å². The highest BCUT2D eigenvalue weighted by Crippen LogP contribution is 2.21. The molecule has 3 N–H and O–H groups in total. The molecule has 0 unspecified atom stereocenters. The molecule has 142 valence electrons. The lowest BCUT2D eigenvalue weighted by molar-refractivity contribution is -0.115. The number of carbonyl (C=O) groups is 3. The number of pyridine rings is 1. The molecule has 0 radical (unpaired) electrons. The summed E-state index contributed by atoms with van der Waals surface area (Å²) in [7, 11) is 0. The normalized spacial score (nSPS) is 10.6. The van der Waals surface area contributed by atoms with E-state index in [2.05, 4.69) is 20.9 Å². The van der Waals surface area contributed by atoms with Gasteiger partial charge in [-0.3, -0.25) is 14.6 Å². The van der Waals surface area contributed by atoms with Crippen LogP contribution in [0.25, 0.3) is 0 Å². The maximum Gasteiger partial charge on any atom is 0.408 e. The first kappa shape index (κ1) is 19.9. The molecule has 0 saturated heterocycles. The van der Waals surface area contributed by atoms with E-state index >= 15 is 0 Å². The van der Waals surface area contributed by atoms with Crippen LogP contribution in [0, 0.1) is 0 Å². The van der Waals surface area contributed by atoms with Gasteiger partial charge in [-0.2, -0.15) is 0 Å². The van der Waals surface area contributed by atoms with Crippen LogP contribution in [0.2, 0.25) is 0 Å². The number of benzene rings is 1. The summed E-state index contributed by atoms with van der Waals surface area (Å²) in [5, 5.41) is 7.76. The van der Waals surface area contributed by atoms with Crippen LogP contribution < -0.4 is 16.0 Å². The van der Waals surface area contributed by atoms with Crippen molar-refractivity contribution in [1.82, 2.24) is 10.3 Å². The van der Waals surface area contributed by atoms with Gasteiger partial charge in [0.2, 0.25) is 5.91 Å². The maximum atomic E-state index is 12.3. The highest BCUT2D eigenvalue weighted by atomic mass is 16.6. The third-order valence-electron chi connectivity index (χ3n) is 3.18. The average molecular weight is 370 g/mol. The topological polar surface area (TPSA) is 109 Å². The summed E-state index contributed by atoms with van der Waals surface area (Å²) in [6.45, 7) is 4.93. The second kappa shape index (κ2) is 8.79. The first-order valence-electron chi connectivity index (χ1n) is 8.32. The summed E-state index contributed by atoms with van der Waals surface area (Å²) >= 11 is 0. The van der Waals surface area contributed by atoms with Crippen molar-refractivity contribution in [3.63, 3.8) is 0 Å². The van der Waals surface area contributed by atoms with Gasteiger partial charge >= 0.3 is 6.09 Å². The van der Waals surface area contributed by atoms with Gasteiger partial charge in [0, 0.05) is 18.0 Å². The molecule has 8 nitrogen and oxygen atoms in total. The number of aromatic nitrogens is 1. The Kier molecular flexibility index (Phi) is 6.48. The summed E-state index contributed by atoms with van der Waals surface area (Å²) < 4.78 is 5.07. The van der Waals surface area contributed by atoms with Crippen LogP contribution in [0.15, 0.2) is 48.8 Å². The standard InChI is InChI=1S/C19H22N4O4/c1-19(2,3)27-18(26)21-12-16(24)22-14-6-4-5-7-15(14)23-17(25)13-8-10-20-11-9-13/h4-11H,12H2,1-3H3,(H,21,26)(H,22,24)(H,23,25). The molecule has 27 heavy (non-hydrogen) atoms. The fourth-order valence-corrected chi connectivity index (χ4v) is 2.06. The van der Waals surface area contributed by atoms with Crippen LogP contribution in [-0.2, 0) is 9.53 Å². The quantitative estimate of drug-likeness (QED) is 0.750. The third kappa shape index (κ3) is 6.77. The lowest BCUT2D eigenvalue weighted by Gasteiger charge is -2.19. The van der Waals surface area contributed by atoms with E-state index in [1.165, 1.54) is 12.4 Å². The van der Waals surface area contributed by atoms with Crippen LogP contribution in [0.4, 0.5) is 16.2 Å². The van der Waals surface area contributed by atoms with Crippen molar-refractivity contribution >= 4 is 29.3 Å². The summed E-state index contributed by atoms with van der Waals surface area (Å²) in [4.78, 5) is 39.8. The highest BCUT2D eigenvalue weighted by Gasteiger charge is 2.17. The van der Waals surface area contributed by atoms with E-state index in [1.54, 1.807) is 57.2 Å². The molecule has 2 aromatic rings. The Morgan fingerprint density at radius 3 is 2.15 bits per heavy atom. The number of anilines is 2. The number of nitrogens with one attached hydrogen (secondary N) is 3. The van der Waals surface area contributed by atoms with E-state index in [-0.39, 0.29) is 12.5 Å². The zero-order valence-electron chi connectivity index (χ0n) is 15.4. The minimum Gasteiger partial charge on any atom is -0.444 e. The Labute approximate surface area is 157 Å². The summed E-state index contributed by atoms with van der Waals surface area (Å²) in [6, 6.07) is 9.93. The molecule has 2 rings (SSSR count). The molecule has 0 atom stereocenters. The van der Waals surface area contributed by atoms with Crippen molar-refractivity contribution in [1.29, 1.82) is 0 Å². The molecular weight excluding hydrogens is 348 g/mol. The Morgan fingerprint density at radius 1 is 0.963 bits per heavy atom. The van der Waals surface area contributed by atoms with Crippen LogP contribution in [0.1, 0.15) is 31.1 Å². The average Bonchev–Trinajstić information content (AvgIpc) is 2.61. The number of alkyl carbamates (subject to hydrolysis) is 1. The second-order valence-corrected chi connectivity index (χ2v) is 6.64. The van der Waals surface area contributed by atoms with Gasteiger partial charge in [0.15, 0.2) is 0 Å². The van der Waals surface area contributed by atoms with Crippen molar-refractivity contribution in [2.45, 2.75) is 26.4 Å². The molecule has 1 aromatic carbocycles. The first-order valence-corrected chi connectivity index (χ1v) is 8.32. The number of nitrogens with zero attached hydrogens (tertiary/aromatic N) is 1. The van der Waals surface area contributed by atoms with Gasteiger partial charge < -0.3 is 20.7 Å². The molecule has 0 spiro atoms. The Hall–Kier alpha value is -3.42. The van der Waals surface area contributed by atoms with E-state index in [1.807, 2.05) is 0 Å². The van der Waals surface area contributed by atoms with E-state index < -0.39 is 17.6 Å². The van der Waals surface area contributed by atoms with Gasteiger partial charge in [0.05, 0.1) is 11.4 Å². The number of hydrogen-bond donors (Lipinski definition) is 3. The Bertz CT molecular complexity index is 816. The van der Waals surface area contributed by atoms with Crippen LogP contribution >= 0.6 is 0 Å². The molecule has 0 aliphatic rings. The maximum absolute atomic E-state index is 12.3. The minimum atomic E-state index is -0.683. The van der Waals surface area contributed by atoms with E-state index in [0.717, 1.165) is 0 Å². The van der Waals surface area contributed by atoms with Crippen LogP contribution in [0.3, 0.4) is 0 Å². The molecule has 0 bridgehead atoms. The predicted molar refractivity (Wildman–Crippen MR) is 101 cm³/mol. The Morgan fingerprint density at radius 2 is 1.56 bits per heavy atom. The SMILES string of the molecule is CC(C)(C)OC(=O)NCC(=O)Nc1ccccc1NC(=O)c1ccncc1. The van der Waals surface area contributed by atoms with Gasteiger partial charge in [-0.15, -0.1) is 0 Å². The molecule has 0 aliphatic carbocycles. The molecule has 0 aliphatic heterocycles. The Balaban J connectivity index is 1.96. The van der Waals surface area contributed by atoms with Crippen molar-refractivity contribution in [3.05, 3.63) is 54.4 Å². The number of hydrogen-bond acceptors (Lipinski definition) is 5. The molecule has 0 saturated carbocycles. The monoisotopic (exact) mass is 370 g/mol. The molecule has 0 fully saturated rings. The lowest BCUT2D eigenvalue weighted by atomic mass is 10.2. The van der Waals surface area contributed by atoms with Gasteiger partial charge in [-0.05, 0) is 45.0 Å². The molecular formula is C19H22N4O4. The summed E-state index contributed by atoms with van der Waals surface area (Å²) in [5.74, 6) is -0.780. The van der Waals surface area contributed by atoms with Gasteiger partial charge in [0.1, 0.15) is 12.1 Å². The molecule has 8 heteroatoms. The predicted octanol–water partition coefficient (Wildman–Crippen LogP) is 2.80. The van der Waals surface area contributed by atoms with Gasteiger partial charge in [-0.1, -0.05) is 12.1 Å². The number of amides is 3. The van der Waals surface area contributed by atoms with Crippen molar-refractivity contribution in [2.75, 3.05) is 17.2 Å². The highest BCUT2D eigenvalue weighted by molar-refractivity contribution is 6.07. The van der Waals surface area contributed by atoms with Crippen LogP contribution in [-0.4, -0.2) is 35.0 Å². The zero-order chi connectivity index (χ0) is 19.9. The lowest BCUT2D eigenvalue weighted by Crippen LogP contribution is -2.37. The zero-order valence-corrected chi connectivity index (χ0v) is 15.4. The summed E-state index contributed by atoms with van der Waals surface area (Å²) in [6.07, 6.45) is 2.35.